The Bertz CT molecular complexity index is 778. The van der Waals surface area contributed by atoms with Crippen LogP contribution in [-0.4, -0.2) is 73.5 Å². The van der Waals surface area contributed by atoms with Crippen LogP contribution in [0.15, 0.2) is 42.7 Å². The molecule has 2 heterocycles. The molecular weight excluding hydrogens is 400 g/mol. The highest BCUT2D eigenvalue weighted by atomic mass is 32.1. The number of pyridine rings is 1. The molecule has 8 heteroatoms. The molecule has 7 nitrogen and oxygen atoms in total. The molecule has 1 fully saturated rings. The van der Waals surface area contributed by atoms with Crippen molar-refractivity contribution in [2.75, 3.05) is 58.9 Å². The van der Waals surface area contributed by atoms with Crippen LogP contribution in [0.5, 0.6) is 11.5 Å². The smallest absolute Gasteiger partial charge is 0.173 e. The summed E-state index contributed by atoms with van der Waals surface area (Å²) in [6.07, 6.45) is 4.64. The van der Waals surface area contributed by atoms with E-state index in [0.29, 0.717) is 16.6 Å². The lowest BCUT2D eigenvalue weighted by Crippen LogP contribution is -2.40. The van der Waals surface area contributed by atoms with Crippen LogP contribution in [0.2, 0.25) is 0 Å². The molecule has 0 atom stereocenters. The van der Waals surface area contributed by atoms with Crippen molar-refractivity contribution in [3.05, 3.63) is 48.3 Å². The SMILES string of the molecule is COc1cc(NC(=S)N(CCCN2CCOCC2)Cc2ccncc2)cc(OC)c1. The van der Waals surface area contributed by atoms with Crippen LogP contribution in [0.3, 0.4) is 0 Å². The summed E-state index contributed by atoms with van der Waals surface area (Å²) in [4.78, 5) is 8.75. The van der Waals surface area contributed by atoms with Crippen molar-refractivity contribution in [3.63, 3.8) is 0 Å². The highest BCUT2D eigenvalue weighted by Crippen LogP contribution is 2.26. The number of ether oxygens (including phenoxy) is 3. The van der Waals surface area contributed by atoms with Gasteiger partial charge in [0.05, 0.1) is 27.4 Å². The minimum absolute atomic E-state index is 0.670. The Labute approximate surface area is 183 Å². The number of methoxy groups -OCH3 is 2. The lowest BCUT2D eigenvalue weighted by molar-refractivity contribution is 0.0368. The molecule has 0 amide bonds. The van der Waals surface area contributed by atoms with Crippen LogP contribution in [0.25, 0.3) is 0 Å². The molecule has 1 aliphatic rings. The predicted octanol–water partition coefficient (Wildman–Crippen LogP) is 3.02. The maximum atomic E-state index is 5.77. The van der Waals surface area contributed by atoms with Crippen LogP contribution >= 0.6 is 12.2 Å². The molecule has 1 aliphatic heterocycles. The number of hydrogen-bond acceptors (Lipinski definition) is 6. The topological polar surface area (TPSA) is 59.1 Å². The maximum Gasteiger partial charge on any atom is 0.173 e. The van der Waals surface area contributed by atoms with Gasteiger partial charge in [0.1, 0.15) is 11.5 Å². The number of thiocarbonyl (C=S) groups is 1. The summed E-state index contributed by atoms with van der Waals surface area (Å²) in [5.41, 5.74) is 2.01. The summed E-state index contributed by atoms with van der Waals surface area (Å²) in [7, 11) is 3.27. The van der Waals surface area contributed by atoms with Crippen LogP contribution in [0.4, 0.5) is 5.69 Å². The van der Waals surface area contributed by atoms with Gasteiger partial charge < -0.3 is 24.4 Å². The molecule has 0 spiro atoms. The van der Waals surface area contributed by atoms with E-state index in [-0.39, 0.29) is 0 Å². The minimum Gasteiger partial charge on any atom is -0.497 e. The first-order valence-corrected chi connectivity index (χ1v) is 10.6. The number of rotatable bonds is 9. The lowest BCUT2D eigenvalue weighted by Gasteiger charge is -2.29. The molecule has 1 N–H and O–H groups in total. The Balaban J connectivity index is 1.65. The molecule has 3 rings (SSSR count). The fraction of sp³-hybridized carbons (Fsp3) is 0.455. The number of aromatic nitrogens is 1. The van der Waals surface area contributed by atoms with Gasteiger partial charge >= 0.3 is 0 Å². The zero-order valence-electron chi connectivity index (χ0n) is 17.7. The molecule has 0 aliphatic carbocycles. The van der Waals surface area contributed by atoms with Gasteiger partial charge in [0.2, 0.25) is 0 Å². The van der Waals surface area contributed by atoms with Crippen molar-refractivity contribution < 1.29 is 14.2 Å². The monoisotopic (exact) mass is 430 g/mol. The second-order valence-electron chi connectivity index (χ2n) is 7.12. The second kappa shape index (κ2) is 11.7. The average molecular weight is 431 g/mol. The van der Waals surface area contributed by atoms with E-state index in [1.165, 1.54) is 5.56 Å². The molecule has 0 bridgehead atoms. The fourth-order valence-electron chi connectivity index (χ4n) is 3.35. The van der Waals surface area contributed by atoms with Crippen LogP contribution < -0.4 is 14.8 Å². The molecule has 1 aromatic carbocycles. The number of anilines is 1. The third-order valence-electron chi connectivity index (χ3n) is 5.02. The van der Waals surface area contributed by atoms with Crippen LogP contribution in [0, 0.1) is 0 Å². The molecule has 0 unspecified atom stereocenters. The first-order valence-electron chi connectivity index (χ1n) is 10.2. The summed E-state index contributed by atoms with van der Waals surface area (Å²) >= 11 is 5.77. The number of nitrogens with zero attached hydrogens (tertiary/aromatic N) is 3. The third kappa shape index (κ3) is 6.83. The Morgan fingerprint density at radius 2 is 1.80 bits per heavy atom. The van der Waals surface area contributed by atoms with Crippen molar-refractivity contribution in [3.8, 4) is 11.5 Å². The zero-order chi connectivity index (χ0) is 21.2. The first kappa shape index (κ1) is 22.3. The molecule has 2 aromatic rings. The van der Waals surface area contributed by atoms with Crippen molar-refractivity contribution in [1.82, 2.24) is 14.8 Å². The minimum atomic E-state index is 0.670. The highest BCUT2D eigenvalue weighted by molar-refractivity contribution is 7.80. The number of nitrogens with one attached hydrogen (secondary N) is 1. The van der Waals surface area contributed by atoms with E-state index in [9.17, 15) is 0 Å². The molecule has 1 aromatic heterocycles. The third-order valence-corrected chi connectivity index (χ3v) is 5.38. The molecule has 30 heavy (non-hydrogen) atoms. The second-order valence-corrected chi connectivity index (χ2v) is 7.50. The van der Waals surface area contributed by atoms with E-state index >= 15 is 0 Å². The summed E-state index contributed by atoms with van der Waals surface area (Å²) in [5, 5.41) is 4.02. The molecule has 1 saturated heterocycles. The van der Waals surface area contributed by atoms with E-state index in [1.807, 2.05) is 42.7 Å². The van der Waals surface area contributed by atoms with Crippen molar-refractivity contribution in [2.45, 2.75) is 13.0 Å². The van der Waals surface area contributed by atoms with Crippen LogP contribution in [0.1, 0.15) is 12.0 Å². The Morgan fingerprint density at radius 3 is 2.43 bits per heavy atom. The molecule has 162 valence electrons. The maximum absolute atomic E-state index is 5.77. The van der Waals surface area contributed by atoms with E-state index in [0.717, 1.165) is 58.0 Å². The number of hydrogen-bond donors (Lipinski definition) is 1. The number of morpholine rings is 1. The summed E-state index contributed by atoms with van der Waals surface area (Å²) in [6.45, 7) is 6.24. The van der Waals surface area contributed by atoms with Gasteiger partial charge in [-0.25, -0.2) is 0 Å². The predicted molar refractivity (Wildman–Crippen MR) is 122 cm³/mol. The van der Waals surface area contributed by atoms with Gasteiger partial charge in [-0.1, -0.05) is 0 Å². The van der Waals surface area contributed by atoms with Gasteiger partial charge in [-0.2, -0.15) is 0 Å². The quantitative estimate of drug-likeness (QED) is 0.610. The zero-order valence-corrected chi connectivity index (χ0v) is 18.5. The van der Waals surface area contributed by atoms with Crippen molar-refractivity contribution >= 4 is 23.0 Å². The van der Waals surface area contributed by atoms with Gasteiger partial charge in [-0.3, -0.25) is 9.88 Å². The van der Waals surface area contributed by atoms with Crippen molar-refractivity contribution in [2.24, 2.45) is 0 Å². The Hall–Kier alpha value is -2.42. The number of benzene rings is 1. The van der Waals surface area contributed by atoms with Gasteiger partial charge in [0, 0.05) is 69.0 Å². The Morgan fingerprint density at radius 1 is 1.13 bits per heavy atom. The molecular formula is C22H30N4O3S. The first-order chi connectivity index (χ1) is 14.7. The summed E-state index contributed by atoms with van der Waals surface area (Å²) in [6, 6.07) is 9.70. The van der Waals surface area contributed by atoms with E-state index < -0.39 is 0 Å². The average Bonchev–Trinajstić information content (AvgIpc) is 2.79. The van der Waals surface area contributed by atoms with Gasteiger partial charge in [0.25, 0.3) is 0 Å². The Kier molecular flexibility index (Phi) is 8.67. The normalized spacial score (nSPS) is 14.2. The lowest BCUT2D eigenvalue weighted by atomic mass is 10.2. The molecule has 0 saturated carbocycles. The van der Waals surface area contributed by atoms with Gasteiger partial charge in [0.15, 0.2) is 5.11 Å². The van der Waals surface area contributed by atoms with Crippen LogP contribution in [-0.2, 0) is 11.3 Å². The summed E-state index contributed by atoms with van der Waals surface area (Å²) in [5.74, 6) is 1.43. The van der Waals surface area contributed by atoms with E-state index in [2.05, 4.69) is 20.1 Å². The fourth-order valence-corrected chi connectivity index (χ4v) is 3.63. The largest absolute Gasteiger partial charge is 0.497 e. The molecule has 0 radical (unpaired) electrons. The summed E-state index contributed by atoms with van der Waals surface area (Å²) < 4.78 is 16.2. The van der Waals surface area contributed by atoms with Gasteiger partial charge in [-0.05, 0) is 36.3 Å². The van der Waals surface area contributed by atoms with Gasteiger partial charge in [-0.15, -0.1) is 0 Å². The standard InChI is InChI=1S/C22H30N4O3S/c1-27-20-14-19(15-21(16-20)28-2)24-22(30)26(17-18-4-6-23-7-5-18)9-3-8-25-10-12-29-13-11-25/h4-7,14-16H,3,8-13,17H2,1-2H3,(H,24,30). The highest BCUT2D eigenvalue weighted by Gasteiger charge is 2.14. The van der Waals surface area contributed by atoms with E-state index in [1.54, 1.807) is 14.2 Å². The van der Waals surface area contributed by atoms with E-state index in [4.69, 9.17) is 26.4 Å². The van der Waals surface area contributed by atoms with Crippen molar-refractivity contribution in [1.29, 1.82) is 0 Å².